The molecule has 2 N–H and O–H groups in total. The van der Waals surface area contributed by atoms with Crippen molar-refractivity contribution in [2.45, 2.75) is 18.0 Å². The number of para-hydroxylation sites is 1. The van der Waals surface area contributed by atoms with Gasteiger partial charge < -0.3 is 10.6 Å². The zero-order valence-corrected chi connectivity index (χ0v) is 19.5. The van der Waals surface area contributed by atoms with Gasteiger partial charge in [0.05, 0.1) is 11.3 Å². The molecule has 3 aromatic carbocycles. The second-order valence-corrected chi connectivity index (χ2v) is 9.08. The minimum absolute atomic E-state index is 0.0375. The van der Waals surface area contributed by atoms with Crippen molar-refractivity contribution in [2.75, 3.05) is 16.4 Å². The second kappa shape index (κ2) is 10.1. The summed E-state index contributed by atoms with van der Waals surface area (Å²) in [6, 6.07) is 22.8. The van der Waals surface area contributed by atoms with Crippen molar-refractivity contribution < 1.29 is 14.0 Å². The fourth-order valence-corrected chi connectivity index (χ4v) is 4.30. The van der Waals surface area contributed by atoms with Crippen LogP contribution in [-0.4, -0.2) is 32.3 Å². The van der Waals surface area contributed by atoms with Crippen LogP contribution in [0.2, 0.25) is 0 Å². The molecule has 0 atom stereocenters. The van der Waals surface area contributed by atoms with Gasteiger partial charge in [-0.3, -0.25) is 14.2 Å². The van der Waals surface area contributed by atoms with Gasteiger partial charge in [0, 0.05) is 23.0 Å². The standard InChI is InChI=1S/C26H22FN5O2S/c27-22-9-5-4-8-21(22)24-30-31-26(32(24)20-6-2-1-3-7-20)35-16-23(33)28-18-12-14-19(15-13-18)29-25(34)17-10-11-17/h1-9,12-15,17H,10-11,16H2,(H,28,33)(H,29,34). The number of aromatic nitrogens is 3. The molecule has 0 unspecified atom stereocenters. The first kappa shape index (κ1) is 22.8. The molecular weight excluding hydrogens is 465 g/mol. The van der Waals surface area contributed by atoms with Crippen molar-refractivity contribution in [2.24, 2.45) is 5.92 Å². The molecule has 176 valence electrons. The highest BCUT2D eigenvalue weighted by atomic mass is 32.2. The fourth-order valence-electron chi connectivity index (χ4n) is 3.54. The number of rotatable bonds is 8. The number of carbonyl (C=O) groups is 2. The molecule has 0 bridgehead atoms. The van der Waals surface area contributed by atoms with Crippen molar-refractivity contribution in [1.29, 1.82) is 0 Å². The van der Waals surface area contributed by atoms with Gasteiger partial charge in [-0.15, -0.1) is 10.2 Å². The Labute approximate surface area is 205 Å². The van der Waals surface area contributed by atoms with Crippen LogP contribution in [0, 0.1) is 11.7 Å². The first-order chi connectivity index (χ1) is 17.1. The summed E-state index contributed by atoms with van der Waals surface area (Å²) in [6.45, 7) is 0. The molecule has 9 heteroatoms. The Morgan fingerprint density at radius 1 is 0.886 bits per heavy atom. The van der Waals surface area contributed by atoms with E-state index in [0.29, 0.717) is 27.9 Å². The normalized spacial score (nSPS) is 12.8. The van der Waals surface area contributed by atoms with E-state index < -0.39 is 5.82 Å². The maximum Gasteiger partial charge on any atom is 0.234 e. The quantitative estimate of drug-likeness (QED) is 0.336. The maximum atomic E-state index is 14.5. The first-order valence-electron chi connectivity index (χ1n) is 11.2. The van der Waals surface area contributed by atoms with Gasteiger partial charge >= 0.3 is 0 Å². The Bertz CT molecular complexity index is 1350. The summed E-state index contributed by atoms with van der Waals surface area (Å²) < 4.78 is 16.2. The molecule has 0 radical (unpaired) electrons. The molecule has 5 rings (SSSR count). The number of thioether (sulfide) groups is 1. The van der Waals surface area contributed by atoms with Crippen molar-refractivity contribution in [3.05, 3.63) is 84.7 Å². The summed E-state index contributed by atoms with van der Waals surface area (Å²) in [5.74, 6) is -0.00900. The highest BCUT2D eigenvalue weighted by molar-refractivity contribution is 7.99. The van der Waals surface area contributed by atoms with Crippen LogP contribution in [0.25, 0.3) is 17.1 Å². The number of halogens is 1. The van der Waals surface area contributed by atoms with E-state index in [1.165, 1.54) is 17.8 Å². The van der Waals surface area contributed by atoms with E-state index in [-0.39, 0.29) is 23.5 Å². The lowest BCUT2D eigenvalue weighted by molar-refractivity contribution is -0.117. The number of hydrogen-bond acceptors (Lipinski definition) is 5. The topological polar surface area (TPSA) is 88.9 Å². The predicted molar refractivity (Wildman–Crippen MR) is 134 cm³/mol. The minimum Gasteiger partial charge on any atom is -0.326 e. The van der Waals surface area contributed by atoms with Crippen molar-refractivity contribution in [3.8, 4) is 17.1 Å². The van der Waals surface area contributed by atoms with Crippen LogP contribution in [0.1, 0.15) is 12.8 Å². The third kappa shape index (κ3) is 5.41. The zero-order chi connectivity index (χ0) is 24.2. The highest BCUT2D eigenvalue weighted by Gasteiger charge is 2.29. The van der Waals surface area contributed by atoms with Crippen molar-refractivity contribution in [3.63, 3.8) is 0 Å². The highest BCUT2D eigenvalue weighted by Crippen LogP contribution is 2.31. The molecule has 2 amide bonds. The van der Waals surface area contributed by atoms with E-state index in [4.69, 9.17) is 0 Å². The van der Waals surface area contributed by atoms with Gasteiger partial charge in [0.25, 0.3) is 0 Å². The van der Waals surface area contributed by atoms with Crippen LogP contribution in [-0.2, 0) is 9.59 Å². The Hall–Kier alpha value is -3.98. The number of benzene rings is 3. The molecule has 7 nitrogen and oxygen atoms in total. The third-order valence-corrected chi connectivity index (χ3v) is 6.41. The molecule has 1 aromatic heterocycles. The lowest BCUT2D eigenvalue weighted by Crippen LogP contribution is -2.15. The van der Waals surface area contributed by atoms with Gasteiger partial charge in [0.15, 0.2) is 11.0 Å². The summed E-state index contributed by atoms with van der Waals surface area (Å²) in [5, 5.41) is 14.6. The Morgan fingerprint density at radius 2 is 1.54 bits per heavy atom. The Balaban J connectivity index is 1.28. The number of nitrogens with zero attached hydrogens (tertiary/aromatic N) is 3. The van der Waals surface area contributed by atoms with Gasteiger partial charge in [-0.25, -0.2) is 4.39 Å². The van der Waals surface area contributed by atoms with Gasteiger partial charge in [-0.2, -0.15) is 0 Å². The lowest BCUT2D eigenvalue weighted by Gasteiger charge is -2.11. The number of carbonyl (C=O) groups excluding carboxylic acids is 2. The smallest absolute Gasteiger partial charge is 0.234 e. The van der Waals surface area contributed by atoms with Gasteiger partial charge in [-0.1, -0.05) is 42.1 Å². The monoisotopic (exact) mass is 487 g/mol. The molecule has 0 saturated heterocycles. The number of anilines is 2. The average molecular weight is 488 g/mol. The molecule has 35 heavy (non-hydrogen) atoms. The van der Waals surface area contributed by atoms with Crippen LogP contribution in [0.3, 0.4) is 0 Å². The molecule has 0 spiro atoms. The summed E-state index contributed by atoms with van der Waals surface area (Å²) in [7, 11) is 0. The van der Waals surface area contributed by atoms with Crippen LogP contribution in [0.4, 0.5) is 15.8 Å². The lowest BCUT2D eigenvalue weighted by atomic mass is 10.2. The first-order valence-corrected chi connectivity index (χ1v) is 12.2. The van der Waals surface area contributed by atoms with Crippen molar-refractivity contribution >= 4 is 35.0 Å². The van der Waals surface area contributed by atoms with Crippen LogP contribution >= 0.6 is 11.8 Å². The molecule has 1 aliphatic rings. The van der Waals surface area contributed by atoms with E-state index in [0.717, 1.165) is 18.5 Å². The van der Waals surface area contributed by atoms with Gasteiger partial charge in [0.2, 0.25) is 11.8 Å². The maximum absolute atomic E-state index is 14.5. The van der Waals surface area contributed by atoms with E-state index in [9.17, 15) is 14.0 Å². The summed E-state index contributed by atoms with van der Waals surface area (Å²) >= 11 is 1.21. The minimum atomic E-state index is -0.400. The largest absolute Gasteiger partial charge is 0.326 e. The summed E-state index contributed by atoms with van der Waals surface area (Å²) in [4.78, 5) is 24.5. The molecule has 4 aromatic rings. The molecule has 1 fully saturated rings. The van der Waals surface area contributed by atoms with Gasteiger partial charge in [-0.05, 0) is 61.4 Å². The molecule has 1 aliphatic carbocycles. The zero-order valence-electron chi connectivity index (χ0n) is 18.6. The SMILES string of the molecule is O=C(CSc1nnc(-c2ccccc2F)n1-c1ccccc1)Nc1ccc(NC(=O)C2CC2)cc1. The van der Waals surface area contributed by atoms with E-state index in [1.54, 1.807) is 47.0 Å². The third-order valence-electron chi connectivity index (χ3n) is 5.48. The predicted octanol–water partition coefficient (Wildman–Crippen LogP) is 5.15. The molecule has 0 aliphatic heterocycles. The number of hydrogen-bond donors (Lipinski definition) is 2. The number of amides is 2. The molecular formula is C26H22FN5O2S. The van der Waals surface area contributed by atoms with Crippen LogP contribution < -0.4 is 10.6 Å². The summed E-state index contributed by atoms with van der Waals surface area (Å²) in [5.41, 5.74) is 2.42. The second-order valence-electron chi connectivity index (χ2n) is 8.13. The van der Waals surface area contributed by atoms with Crippen LogP contribution in [0.5, 0.6) is 0 Å². The Kier molecular flexibility index (Phi) is 6.58. The average Bonchev–Trinajstić information content (AvgIpc) is 3.65. The number of nitrogens with one attached hydrogen (secondary N) is 2. The van der Waals surface area contributed by atoms with Crippen molar-refractivity contribution in [1.82, 2.24) is 14.8 Å². The summed E-state index contributed by atoms with van der Waals surface area (Å²) in [6.07, 6.45) is 1.88. The molecule has 1 heterocycles. The van der Waals surface area contributed by atoms with E-state index in [2.05, 4.69) is 20.8 Å². The van der Waals surface area contributed by atoms with E-state index in [1.807, 2.05) is 30.3 Å². The van der Waals surface area contributed by atoms with Crippen LogP contribution in [0.15, 0.2) is 84.0 Å². The van der Waals surface area contributed by atoms with E-state index >= 15 is 0 Å². The molecule has 1 saturated carbocycles. The fraction of sp³-hybridized carbons (Fsp3) is 0.154. The van der Waals surface area contributed by atoms with Gasteiger partial charge in [0.1, 0.15) is 5.82 Å². The Morgan fingerprint density at radius 3 is 2.23 bits per heavy atom.